The number of hydrogen-bond acceptors (Lipinski definition) is 4. The summed E-state index contributed by atoms with van der Waals surface area (Å²) in [6, 6.07) is 8.34. The number of benzene rings is 1. The fourth-order valence-electron chi connectivity index (χ4n) is 1.62. The summed E-state index contributed by atoms with van der Waals surface area (Å²) in [6.45, 7) is 0. The molecule has 0 saturated heterocycles. The first-order chi connectivity index (χ1) is 9.72. The zero-order valence-electron chi connectivity index (χ0n) is 10.1. The van der Waals surface area contributed by atoms with Gasteiger partial charge in [-0.25, -0.2) is 9.37 Å². The fourth-order valence-corrected chi connectivity index (χ4v) is 3.39. The van der Waals surface area contributed by atoms with Crippen LogP contribution in [0, 0.1) is 5.82 Å². The molecule has 0 fully saturated rings. The van der Waals surface area contributed by atoms with Gasteiger partial charge in [0.05, 0.1) is 4.88 Å². The van der Waals surface area contributed by atoms with Gasteiger partial charge in [0.25, 0.3) is 0 Å². The van der Waals surface area contributed by atoms with Gasteiger partial charge in [0.2, 0.25) is 5.16 Å². The quantitative estimate of drug-likeness (QED) is 0.712. The van der Waals surface area contributed by atoms with E-state index in [9.17, 15) is 4.39 Å². The molecule has 0 unspecified atom stereocenters. The van der Waals surface area contributed by atoms with Crippen LogP contribution in [0.2, 0.25) is 5.02 Å². The first kappa shape index (κ1) is 13.6. The minimum absolute atomic E-state index is 0.332. The lowest BCUT2D eigenvalue weighted by Gasteiger charge is -2.01. The van der Waals surface area contributed by atoms with Crippen molar-refractivity contribution in [2.24, 2.45) is 0 Å². The highest BCUT2D eigenvalue weighted by Crippen LogP contribution is 2.27. The van der Waals surface area contributed by atoms with Crippen molar-refractivity contribution in [1.82, 2.24) is 15.2 Å². The number of thiophene rings is 1. The van der Waals surface area contributed by atoms with Crippen molar-refractivity contribution in [2.45, 2.75) is 10.9 Å². The molecule has 20 heavy (non-hydrogen) atoms. The Morgan fingerprint density at radius 1 is 1.35 bits per heavy atom. The van der Waals surface area contributed by atoms with Crippen molar-refractivity contribution in [1.29, 1.82) is 0 Å². The number of nitrogens with zero attached hydrogens (tertiary/aromatic N) is 2. The lowest BCUT2D eigenvalue weighted by molar-refractivity contribution is 0.627. The maximum Gasteiger partial charge on any atom is 0.209 e. The van der Waals surface area contributed by atoms with Gasteiger partial charge in [-0.15, -0.1) is 16.4 Å². The number of thioether (sulfide) groups is 1. The van der Waals surface area contributed by atoms with E-state index in [0.717, 1.165) is 16.3 Å². The number of hydrogen-bond donors (Lipinski definition) is 1. The first-order valence-corrected chi connectivity index (χ1v) is 8.00. The molecule has 0 spiro atoms. The number of aromatic amines is 1. The second-order valence-corrected chi connectivity index (χ2v) is 6.27. The summed E-state index contributed by atoms with van der Waals surface area (Å²) in [6.07, 6.45) is 0. The van der Waals surface area contributed by atoms with Gasteiger partial charge in [-0.2, -0.15) is 0 Å². The summed E-state index contributed by atoms with van der Waals surface area (Å²) in [5, 5.41) is 10.1. The van der Waals surface area contributed by atoms with E-state index in [1.165, 1.54) is 23.9 Å². The van der Waals surface area contributed by atoms with Crippen LogP contribution >= 0.6 is 34.7 Å². The van der Waals surface area contributed by atoms with Crippen LogP contribution in [-0.2, 0) is 5.75 Å². The predicted octanol–water partition coefficient (Wildman–Crippen LogP) is 4.62. The number of halogens is 2. The van der Waals surface area contributed by atoms with E-state index in [-0.39, 0.29) is 5.82 Å². The van der Waals surface area contributed by atoms with Gasteiger partial charge in [-0.05, 0) is 29.1 Å². The van der Waals surface area contributed by atoms with E-state index < -0.39 is 0 Å². The van der Waals surface area contributed by atoms with E-state index in [0.29, 0.717) is 15.9 Å². The van der Waals surface area contributed by atoms with Crippen LogP contribution in [0.25, 0.3) is 10.7 Å². The number of nitrogens with one attached hydrogen (secondary N) is 1. The lowest BCUT2D eigenvalue weighted by atomic mass is 10.2. The zero-order valence-corrected chi connectivity index (χ0v) is 12.5. The van der Waals surface area contributed by atoms with Crippen LogP contribution < -0.4 is 0 Å². The van der Waals surface area contributed by atoms with Crippen molar-refractivity contribution < 1.29 is 4.39 Å². The minimum Gasteiger partial charge on any atom is -0.257 e. The number of rotatable bonds is 4. The zero-order chi connectivity index (χ0) is 13.9. The highest BCUT2D eigenvalue weighted by molar-refractivity contribution is 7.98. The van der Waals surface area contributed by atoms with Crippen LogP contribution in [0.15, 0.2) is 40.9 Å². The molecule has 0 aliphatic heterocycles. The maximum absolute atomic E-state index is 13.0. The predicted molar refractivity (Wildman–Crippen MR) is 80.7 cm³/mol. The summed E-state index contributed by atoms with van der Waals surface area (Å²) < 4.78 is 13.0. The summed E-state index contributed by atoms with van der Waals surface area (Å²) in [5.74, 6) is 1.02. The van der Waals surface area contributed by atoms with Crippen molar-refractivity contribution in [3.63, 3.8) is 0 Å². The molecular weight excluding hydrogens is 317 g/mol. The normalized spacial score (nSPS) is 10.9. The van der Waals surface area contributed by atoms with E-state index >= 15 is 0 Å². The minimum atomic E-state index is -0.332. The van der Waals surface area contributed by atoms with Gasteiger partial charge in [-0.1, -0.05) is 35.5 Å². The summed E-state index contributed by atoms with van der Waals surface area (Å²) in [7, 11) is 0. The fraction of sp³-hybridized carbons (Fsp3) is 0.0769. The van der Waals surface area contributed by atoms with E-state index in [4.69, 9.17) is 11.6 Å². The third-order valence-corrected chi connectivity index (χ3v) is 4.72. The third-order valence-electron chi connectivity index (χ3n) is 2.59. The Morgan fingerprint density at radius 3 is 3.00 bits per heavy atom. The maximum atomic E-state index is 13.0. The number of aromatic nitrogens is 3. The standard InChI is InChI=1S/C13H9ClFN3S2/c14-10-6-9(15)4-3-8(10)7-20-13-16-12(17-18-13)11-2-1-5-19-11/h1-6H,7H2,(H,16,17,18). The molecule has 0 atom stereocenters. The van der Waals surface area contributed by atoms with Crippen LogP contribution in [0.5, 0.6) is 0 Å². The molecule has 3 rings (SSSR count). The largest absolute Gasteiger partial charge is 0.257 e. The topological polar surface area (TPSA) is 41.6 Å². The molecule has 0 bridgehead atoms. The third kappa shape index (κ3) is 3.03. The average Bonchev–Trinajstić information content (AvgIpc) is 3.08. The molecule has 0 aliphatic carbocycles. The molecule has 7 heteroatoms. The lowest BCUT2D eigenvalue weighted by Crippen LogP contribution is -1.85. The van der Waals surface area contributed by atoms with Gasteiger partial charge in [-0.3, -0.25) is 5.10 Å². The molecule has 1 N–H and O–H groups in total. The second kappa shape index (κ2) is 5.95. The Balaban J connectivity index is 1.70. The number of H-pyrrole nitrogens is 1. The van der Waals surface area contributed by atoms with Gasteiger partial charge in [0, 0.05) is 10.8 Å². The van der Waals surface area contributed by atoms with Crippen LogP contribution in [0.1, 0.15) is 5.56 Å². The smallest absolute Gasteiger partial charge is 0.209 e. The van der Waals surface area contributed by atoms with Crippen LogP contribution in [-0.4, -0.2) is 15.2 Å². The molecule has 2 heterocycles. The molecule has 0 aliphatic rings. The molecule has 1 aromatic carbocycles. The van der Waals surface area contributed by atoms with Gasteiger partial charge >= 0.3 is 0 Å². The average molecular weight is 326 g/mol. The summed E-state index contributed by atoms with van der Waals surface area (Å²) in [4.78, 5) is 5.45. The van der Waals surface area contributed by atoms with Crippen molar-refractivity contribution in [3.05, 3.63) is 52.1 Å². The molecule has 0 radical (unpaired) electrons. The van der Waals surface area contributed by atoms with Crippen molar-refractivity contribution >= 4 is 34.7 Å². The Morgan fingerprint density at radius 2 is 2.25 bits per heavy atom. The molecule has 0 saturated carbocycles. The van der Waals surface area contributed by atoms with E-state index in [1.54, 1.807) is 17.4 Å². The molecule has 3 nitrogen and oxygen atoms in total. The Bertz CT molecular complexity index is 712. The van der Waals surface area contributed by atoms with E-state index in [1.807, 2.05) is 17.5 Å². The molecular formula is C13H9ClFN3S2. The van der Waals surface area contributed by atoms with Crippen molar-refractivity contribution in [2.75, 3.05) is 0 Å². The summed E-state index contributed by atoms with van der Waals surface area (Å²) in [5.41, 5.74) is 0.862. The van der Waals surface area contributed by atoms with Gasteiger partial charge in [0.15, 0.2) is 5.82 Å². The Labute approximate surface area is 128 Å². The highest BCUT2D eigenvalue weighted by atomic mass is 35.5. The van der Waals surface area contributed by atoms with Crippen LogP contribution in [0.4, 0.5) is 4.39 Å². The van der Waals surface area contributed by atoms with Crippen molar-refractivity contribution in [3.8, 4) is 10.7 Å². The molecule has 0 amide bonds. The summed E-state index contributed by atoms with van der Waals surface area (Å²) >= 11 is 9.04. The van der Waals surface area contributed by atoms with Gasteiger partial charge in [0.1, 0.15) is 5.82 Å². The van der Waals surface area contributed by atoms with Gasteiger partial charge < -0.3 is 0 Å². The van der Waals surface area contributed by atoms with E-state index in [2.05, 4.69) is 15.2 Å². The monoisotopic (exact) mass is 325 g/mol. The highest BCUT2D eigenvalue weighted by Gasteiger charge is 2.08. The SMILES string of the molecule is Fc1ccc(CSc2n[nH]c(-c3cccs3)n2)c(Cl)c1. The first-order valence-electron chi connectivity index (χ1n) is 5.75. The molecule has 102 valence electrons. The second-order valence-electron chi connectivity index (χ2n) is 3.97. The Hall–Kier alpha value is -1.37. The van der Waals surface area contributed by atoms with Crippen LogP contribution in [0.3, 0.4) is 0 Å². The molecule has 3 aromatic rings. The molecule has 2 aromatic heterocycles. The Kier molecular flexibility index (Phi) is 4.05.